The molecule has 3 nitrogen and oxygen atoms in total. The Morgan fingerprint density at radius 1 is 0.773 bits per heavy atom. The van der Waals surface area contributed by atoms with E-state index in [1.54, 1.807) is 0 Å². The van der Waals surface area contributed by atoms with E-state index in [0.29, 0.717) is 5.75 Å². The minimum atomic E-state index is -0.670. The summed E-state index contributed by atoms with van der Waals surface area (Å²) in [6, 6.07) is 0. The molecule has 0 saturated heterocycles. The van der Waals surface area contributed by atoms with Crippen molar-refractivity contribution < 1.29 is 14.3 Å². The maximum Gasteiger partial charge on any atom is 0.513 e. The summed E-state index contributed by atoms with van der Waals surface area (Å²) in [6.45, 7) is 19.3. The summed E-state index contributed by atoms with van der Waals surface area (Å²) in [5.74, 6) is 0.641. The molecule has 0 aliphatic rings. The highest BCUT2D eigenvalue weighted by Gasteiger charge is 2.31. The van der Waals surface area contributed by atoms with Crippen molar-refractivity contribution in [3.05, 3.63) is 27.8 Å². The Bertz CT molecular complexity index is 584. The first-order valence-corrected chi connectivity index (χ1v) is 7.72. The average molecular weight is 306 g/mol. The molecular weight excluding hydrogens is 276 g/mol. The van der Waals surface area contributed by atoms with E-state index in [1.165, 1.54) is 23.8 Å². The maximum absolute atomic E-state index is 11.7. The van der Waals surface area contributed by atoms with E-state index in [-0.39, 0.29) is 10.8 Å². The lowest BCUT2D eigenvalue weighted by Gasteiger charge is -2.33. The molecule has 1 aromatic rings. The van der Waals surface area contributed by atoms with Gasteiger partial charge in [-0.1, -0.05) is 41.5 Å². The molecular formula is C19H30O3. The van der Waals surface area contributed by atoms with E-state index in [4.69, 9.17) is 9.47 Å². The Labute approximate surface area is 135 Å². The molecule has 0 spiro atoms. The highest BCUT2D eigenvalue weighted by molar-refractivity contribution is 5.68. The van der Waals surface area contributed by atoms with Crippen LogP contribution in [0.15, 0.2) is 0 Å². The molecule has 0 aromatic heterocycles. The molecule has 0 radical (unpaired) electrons. The first-order chi connectivity index (χ1) is 9.82. The fourth-order valence-corrected chi connectivity index (χ4v) is 3.40. The summed E-state index contributed by atoms with van der Waals surface area (Å²) in [6.07, 6.45) is -0.670. The SMILES string of the molecule is COC(=O)Oc1c(C)c(C)c(C(C)(C)C)c(C)c1C(C)(C)C. The van der Waals surface area contributed by atoms with Crippen LogP contribution in [0.4, 0.5) is 4.79 Å². The van der Waals surface area contributed by atoms with Crippen LogP contribution in [-0.2, 0) is 15.6 Å². The molecule has 3 heteroatoms. The van der Waals surface area contributed by atoms with Gasteiger partial charge in [0.15, 0.2) is 0 Å². The fraction of sp³-hybridized carbons (Fsp3) is 0.632. The maximum atomic E-state index is 11.7. The molecule has 0 amide bonds. The van der Waals surface area contributed by atoms with Gasteiger partial charge in [-0.25, -0.2) is 4.79 Å². The third kappa shape index (κ3) is 3.45. The molecule has 0 fully saturated rings. The number of methoxy groups -OCH3 is 1. The smallest absolute Gasteiger partial charge is 0.437 e. The van der Waals surface area contributed by atoms with Gasteiger partial charge in [-0.15, -0.1) is 0 Å². The Morgan fingerprint density at radius 3 is 1.59 bits per heavy atom. The van der Waals surface area contributed by atoms with E-state index >= 15 is 0 Å². The van der Waals surface area contributed by atoms with Crippen molar-refractivity contribution in [3.63, 3.8) is 0 Å². The lowest BCUT2D eigenvalue weighted by Crippen LogP contribution is -2.24. The van der Waals surface area contributed by atoms with Gasteiger partial charge in [-0.05, 0) is 53.9 Å². The first kappa shape index (κ1) is 18.5. The summed E-state index contributed by atoms with van der Waals surface area (Å²) in [5.41, 5.74) is 5.68. The number of hydrogen-bond acceptors (Lipinski definition) is 3. The molecule has 0 bridgehead atoms. The highest BCUT2D eigenvalue weighted by atomic mass is 16.7. The number of benzene rings is 1. The molecule has 124 valence electrons. The van der Waals surface area contributed by atoms with Crippen molar-refractivity contribution in [1.82, 2.24) is 0 Å². The second-order valence-corrected chi connectivity index (χ2v) is 8.01. The molecule has 1 aromatic carbocycles. The predicted octanol–water partition coefficient (Wildman–Crippen LogP) is 5.35. The number of carbonyl (C=O) groups excluding carboxylic acids is 1. The zero-order valence-electron chi connectivity index (χ0n) is 15.7. The molecule has 0 aliphatic carbocycles. The van der Waals surface area contributed by atoms with E-state index in [9.17, 15) is 4.79 Å². The lowest BCUT2D eigenvalue weighted by molar-refractivity contribution is 0.120. The van der Waals surface area contributed by atoms with Crippen LogP contribution in [0.3, 0.4) is 0 Å². The number of rotatable bonds is 1. The highest BCUT2D eigenvalue weighted by Crippen LogP contribution is 2.44. The summed E-state index contributed by atoms with van der Waals surface area (Å²) in [7, 11) is 1.33. The van der Waals surface area contributed by atoms with Crippen molar-refractivity contribution in [2.75, 3.05) is 7.11 Å². The van der Waals surface area contributed by atoms with Crippen molar-refractivity contribution in [2.45, 2.75) is 73.1 Å². The normalized spacial score (nSPS) is 12.3. The van der Waals surface area contributed by atoms with E-state index < -0.39 is 6.16 Å². The topological polar surface area (TPSA) is 35.5 Å². The van der Waals surface area contributed by atoms with E-state index in [2.05, 4.69) is 55.4 Å². The largest absolute Gasteiger partial charge is 0.513 e. The molecule has 22 heavy (non-hydrogen) atoms. The van der Waals surface area contributed by atoms with Crippen LogP contribution in [0.25, 0.3) is 0 Å². The van der Waals surface area contributed by atoms with Crippen molar-refractivity contribution in [3.8, 4) is 5.75 Å². The molecule has 0 N–H and O–H groups in total. The number of ether oxygens (including phenoxy) is 2. The summed E-state index contributed by atoms with van der Waals surface area (Å²) in [5, 5.41) is 0. The van der Waals surface area contributed by atoms with E-state index in [0.717, 1.165) is 11.1 Å². The Hall–Kier alpha value is -1.51. The van der Waals surface area contributed by atoms with Gasteiger partial charge in [0.2, 0.25) is 0 Å². The van der Waals surface area contributed by atoms with Gasteiger partial charge in [0.25, 0.3) is 0 Å². The van der Waals surface area contributed by atoms with Gasteiger partial charge >= 0.3 is 6.16 Å². The third-order valence-electron chi connectivity index (χ3n) is 4.11. The average Bonchev–Trinajstić information content (AvgIpc) is 2.32. The summed E-state index contributed by atoms with van der Waals surface area (Å²) >= 11 is 0. The fourth-order valence-electron chi connectivity index (χ4n) is 3.40. The Morgan fingerprint density at radius 2 is 1.23 bits per heavy atom. The molecule has 0 unspecified atom stereocenters. The standard InChI is InChI=1S/C19H30O3/c1-11-12(2)16(22-17(20)21-10)15(19(7,8)9)13(3)14(11)18(4,5)6/h1-10H3. The van der Waals surface area contributed by atoms with Crippen molar-refractivity contribution in [1.29, 1.82) is 0 Å². The monoisotopic (exact) mass is 306 g/mol. The number of hydrogen-bond donors (Lipinski definition) is 0. The first-order valence-electron chi connectivity index (χ1n) is 7.72. The second-order valence-electron chi connectivity index (χ2n) is 8.01. The molecule has 0 atom stereocenters. The van der Waals surface area contributed by atoms with Crippen LogP contribution in [0.1, 0.15) is 69.4 Å². The number of carbonyl (C=O) groups is 1. The Kier molecular flexibility index (Phi) is 5.01. The van der Waals surface area contributed by atoms with Gasteiger partial charge in [-0.3, -0.25) is 0 Å². The second kappa shape index (κ2) is 5.94. The van der Waals surface area contributed by atoms with Crippen LogP contribution in [0.2, 0.25) is 0 Å². The summed E-state index contributed by atoms with van der Waals surface area (Å²) < 4.78 is 10.2. The van der Waals surface area contributed by atoms with Gasteiger partial charge in [0.05, 0.1) is 7.11 Å². The minimum Gasteiger partial charge on any atom is -0.437 e. The van der Waals surface area contributed by atoms with Crippen molar-refractivity contribution in [2.24, 2.45) is 0 Å². The molecule has 0 saturated carbocycles. The van der Waals surface area contributed by atoms with Crippen molar-refractivity contribution >= 4 is 6.16 Å². The molecule has 0 heterocycles. The zero-order valence-corrected chi connectivity index (χ0v) is 15.7. The third-order valence-corrected chi connectivity index (χ3v) is 4.11. The minimum absolute atomic E-state index is 0.0305. The van der Waals surface area contributed by atoms with Gasteiger partial charge in [-0.2, -0.15) is 0 Å². The Balaban J connectivity index is 3.83. The lowest BCUT2D eigenvalue weighted by atomic mass is 9.73. The van der Waals surface area contributed by atoms with Crippen LogP contribution in [0, 0.1) is 20.8 Å². The van der Waals surface area contributed by atoms with Gasteiger partial charge in [0, 0.05) is 5.56 Å². The van der Waals surface area contributed by atoms with Gasteiger partial charge in [0.1, 0.15) is 5.75 Å². The summed E-state index contributed by atoms with van der Waals surface area (Å²) in [4.78, 5) is 11.7. The molecule has 1 rings (SSSR count). The van der Waals surface area contributed by atoms with E-state index in [1.807, 2.05) is 6.92 Å². The molecule has 0 aliphatic heterocycles. The van der Waals surface area contributed by atoms with Crippen LogP contribution >= 0.6 is 0 Å². The van der Waals surface area contributed by atoms with Crippen LogP contribution < -0.4 is 4.74 Å². The predicted molar refractivity (Wildman–Crippen MR) is 91.1 cm³/mol. The quantitative estimate of drug-likeness (QED) is 0.518. The van der Waals surface area contributed by atoms with Gasteiger partial charge < -0.3 is 9.47 Å². The zero-order chi connectivity index (χ0) is 17.5. The van der Waals surface area contributed by atoms with Crippen LogP contribution in [0.5, 0.6) is 5.75 Å². The van der Waals surface area contributed by atoms with Crippen LogP contribution in [-0.4, -0.2) is 13.3 Å².